The van der Waals surface area contributed by atoms with Crippen molar-refractivity contribution in [3.05, 3.63) is 36.4 Å². The zero-order chi connectivity index (χ0) is 11.3. The summed E-state index contributed by atoms with van der Waals surface area (Å²) < 4.78 is 10.4. The summed E-state index contributed by atoms with van der Waals surface area (Å²) in [7, 11) is 1.50. The number of rotatable bonds is 5. The van der Waals surface area contributed by atoms with E-state index in [1.807, 2.05) is 0 Å². The lowest BCUT2D eigenvalue weighted by atomic mass is 10.2. The fourth-order valence-electron chi connectivity index (χ4n) is 1.06. The summed E-state index contributed by atoms with van der Waals surface area (Å²) in [5.41, 5.74) is 0.375. The lowest BCUT2D eigenvalue weighted by molar-refractivity contribution is 0.108. The van der Waals surface area contributed by atoms with Crippen molar-refractivity contribution in [1.82, 2.24) is 0 Å². The number of carbonyl (C=O) groups is 1. The van der Waals surface area contributed by atoms with Crippen LogP contribution in [0.1, 0.15) is 10.4 Å². The van der Waals surface area contributed by atoms with Gasteiger partial charge in [-0.05, 0) is 29.8 Å². The van der Waals surface area contributed by atoms with Gasteiger partial charge in [0.1, 0.15) is 6.61 Å². The van der Waals surface area contributed by atoms with Crippen molar-refractivity contribution in [3.63, 3.8) is 0 Å². The van der Waals surface area contributed by atoms with Crippen LogP contribution in [0.2, 0.25) is 0 Å². The second-order valence-electron chi connectivity index (χ2n) is 2.74. The molecule has 0 amide bonds. The zero-order valence-electron chi connectivity index (χ0n) is 8.33. The highest BCUT2D eigenvalue weighted by Gasteiger charge is 2.08. The molecule has 1 aromatic carbocycles. The topological polar surface area (TPSA) is 35.5 Å². The van der Waals surface area contributed by atoms with Crippen LogP contribution in [0.4, 0.5) is 0 Å². The largest absolute Gasteiger partial charge is 0.493 e. The van der Waals surface area contributed by atoms with Crippen LogP contribution in [0, 0.1) is 0 Å². The van der Waals surface area contributed by atoms with Crippen LogP contribution in [-0.4, -0.2) is 19.0 Å². The van der Waals surface area contributed by atoms with Gasteiger partial charge in [-0.1, -0.05) is 12.7 Å². The van der Waals surface area contributed by atoms with E-state index in [-0.39, 0.29) is 0 Å². The van der Waals surface area contributed by atoms with E-state index in [2.05, 4.69) is 6.58 Å². The Morgan fingerprint density at radius 3 is 2.80 bits per heavy atom. The minimum atomic E-state index is -0.524. The fourth-order valence-corrected chi connectivity index (χ4v) is 1.18. The SMILES string of the molecule is C=CCOc1ccc(C(=O)Cl)cc1OC. The molecule has 0 saturated carbocycles. The minimum absolute atomic E-state index is 0.375. The van der Waals surface area contributed by atoms with E-state index in [0.717, 1.165) is 0 Å². The molecule has 0 fully saturated rings. The zero-order valence-corrected chi connectivity index (χ0v) is 9.08. The number of hydrogen-bond donors (Lipinski definition) is 0. The van der Waals surface area contributed by atoms with Gasteiger partial charge in [-0.15, -0.1) is 0 Å². The normalized spacial score (nSPS) is 9.47. The summed E-state index contributed by atoms with van der Waals surface area (Å²) in [6.07, 6.45) is 1.63. The number of halogens is 1. The average molecular weight is 227 g/mol. The Kier molecular flexibility index (Phi) is 4.18. The van der Waals surface area contributed by atoms with Crippen molar-refractivity contribution >= 4 is 16.8 Å². The number of hydrogen-bond acceptors (Lipinski definition) is 3. The summed E-state index contributed by atoms with van der Waals surface area (Å²) in [5.74, 6) is 1.03. The molecule has 0 radical (unpaired) electrons. The Bertz CT molecular complexity index is 374. The van der Waals surface area contributed by atoms with Crippen LogP contribution < -0.4 is 9.47 Å². The first-order valence-electron chi connectivity index (χ1n) is 4.30. The third-order valence-electron chi connectivity index (χ3n) is 1.75. The lowest BCUT2D eigenvalue weighted by Gasteiger charge is -2.09. The Hall–Kier alpha value is -1.48. The van der Waals surface area contributed by atoms with Crippen LogP contribution in [-0.2, 0) is 0 Å². The molecule has 0 unspecified atom stereocenters. The first-order chi connectivity index (χ1) is 7.19. The van der Waals surface area contributed by atoms with Crippen LogP contribution in [0.15, 0.2) is 30.9 Å². The Morgan fingerprint density at radius 1 is 1.53 bits per heavy atom. The molecule has 1 aromatic rings. The summed E-state index contributed by atoms with van der Waals surface area (Å²) >= 11 is 5.34. The molecule has 80 valence electrons. The molecule has 4 heteroatoms. The summed E-state index contributed by atoms with van der Waals surface area (Å²) in [6, 6.07) is 4.75. The van der Waals surface area contributed by atoms with Crippen molar-refractivity contribution < 1.29 is 14.3 Å². The monoisotopic (exact) mass is 226 g/mol. The summed E-state index contributed by atoms with van der Waals surface area (Å²) in [6.45, 7) is 3.92. The number of benzene rings is 1. The van der Waals surface area contributed by atoms with Crippen LogP contribution in [0.5, 0.6) is 11.5 Å². The molecule has 0 saturated heterocycles. The smallest absolute Gasteiger partial charge is 0.252 e. The molecule has 0 aliphatic rings. The highest BCUT2D eigenvalue weighted by Crippen LogP contribution is 2.28. The minimum Gasteiger partial charge on any atom is -0.493 e. The molecule has 0 heterocycles. The van der Waals surface area contributed by atoms with Crippen LogP contribution in [0.25, 0.3) is 0 Å². The first kappa shape index (κ1) is 11.6. The highest BCUT2D eigenvalue weighted by atomic mass is 35.5. The molecular formula is C11H11ClO3. The van der Waals surface area contributed by atoms with Gasteiger partial charge < -0.3 is 9.47 Å². The van der Waals surface area contributed by atoms with Gasteiger partial charge in [0.05, 0.1) is 7.11 Å². The Morgan fingerprint density at radius 2 is 2.27 bits per heavy atom. The van der Waals surface area contributed by atoms with Gasteiger partial charge in [0.15, 0.2) is 11.5 Å². The maximum absolute atomic E-state index is 10.9. The maximum Gasteiger partial charge on any atom is 0.252 e. The number of methoxy groups -OCH3 is 1. The Balaban J connectivity index is 2.97. The van der Waals surface area contributed by atoms with Crippen molar-refractivity contribution in [2.45, 2.75) is 0 Å². The highest BCUT2D eigenvalue weighted by molar-refractivity contribution is 6.67. The van der Waals surface area contributed by atoms with E-state index >= 15 is 0 Å². The number of carbonyl (C=O) groups excluding carboxylic acids is 1. The van der Waals surface area contributed by atoms with Gasteiger partial charge in [-0.2, -0.15) is 0 Å². The molecule has 0 spiro atoms. The second kappa shape index (κ2) is 5.41. The van der Waals surface area contributed by atoms with Crippen LogP contribution >= 0.6 is 11.6 Å². The van der Waals surface area contributed by atoms with Crippen molar-refractivity contribution in [2.75, 3.05) is 13.7 Å². The average Bonchev–Trinajstić information content (AvgIpc) is 2.25. The second-order valence-corrected chi connectivity index (χ2v) is 3.08. The molecule has 0 bridgehead atoms. The fraction of sp³-hybridized carbons (Fsp3) is 0.182. The summed E-state index contributed by atoms with van der Waals surface area (Å²) in [4.78, 5) is 10.9. The van der Waals surface area contributed by atoms with Crippen molar-refractivity contribution in [3.8, 4) is 11.5 Å². The third kappa shape index (κ3) is 2.99. The van der Waals surface area contributed by atoms with Gasteiger partial charge in [-0.3, -0.25) is 4.79 Å². The Labute approximate surface area is 93.3 Å². The number of ether oxygens (including phenoxy) is 2. The molecule has 0 aromatic heterocycles. The van der Waals surface area contributed by atoms with Gasteiger partial charge in [0, 0.05) is 5.56 Å². The van der Waals surface area contributed by atoms with Gasteiger partial charge in [-0.25, -0.2) is 0 Å². The molecule has 0 aliphatic heterocycles. The molecule has 1 rings (SSSR count). The summed E-state index contributed by atoms with van der Waals surface area (Å²) in [5, 5.41) is -0.524. The quantitative estimate of drug-likeness (QED) is 0.572. The van der Waals surface area contributed by atoms with E-state index < -0.39 is 5.24 Å². The van der Waals surface area contributed by atoms with Gasteiger partial charge in [0.2, 0.25) is 0 Å². The van der Waals surface area contributed by atoms with Crippen molar-refractivity contribution in [1.29, 1.82) is 0 Å². The van der Waals surface area contributed by atoms with E-state index in [9.17, 15) is 4.79 Å². The van der Waals surface area contributed by atoms with E-state index in [0.29, 0.717) is 23.7 Å². The van der Waals surface area contributed by atoms with E-state index in [1.54, 1.807) is 18.2 Å². The molecule has 0 N–H and O–H groups in total. The first-order valence-corrected chi connectivity index (χ1v) is 4.68. The molecule has 0 atom stereocenters. The molecule has 15 heavy (non-hydrogen) atoms. The van der Waals surface area contributed by atoms with E-state index in [4.69, 9.17) is 21.1 Å². The van der Waals surface area contributed by atoms with Crippen molar-refractivity contribution in [2.24, 2.45) is 0 Å². The van der Waals surface area contributed by atoms with E-state index in [1.165, 1.54) is 13.2 Å². The van der Waals surface area contributed by atoms with Gasteiger partial charge in [0.25, 0.3) is 5.24 Å². The maximum atomic E-state index is 10.9. The lowest BCUT2D eigenvalue weighted by Crippen LogP contribution is -1.98. The predicted molar refractivity (Wildman–Crippen MR) is 58.9 cm³/mol. The molecular weight excluding hydrogens is 216 g/mol. The van der Waals surface area contributed by atoms with Gasteiger partial charge >= 0.3 is 0 Å². The predicted octanol–water partition coefficient (Wildman–Crippen LogP) is 2.64. The molecule has 0 aliphatic carbocycles. The van der Waals surface area contributed by atoms with Crippen LogP contribution in [0.3, 0.4) is 0 Å². The third-order valence-corrected chi connectivity index (χ3v) is 1.97. The standard InChI is InChI=1S/C11H11ClO3/c1-3-6-15-9-5-4-8(11(12)13)7-10(9)14-2/h3-5,7H,1,6H2,2H3. The molecule has 3 nitrogen and oxygen atoms in total.